The highest BCUT2D eigenvalue weighted by Crippen LogP contribution is 2.17. The molecule has 3 nitrogen and oxygen atoms in total. The number of aliphatic imine (C=N–C) groups is 1. The third-order valence-electron chi connectivity index (χ3n) is 2.59. The molecule has 0 aromatic heterocycles. The summed E-state index contributed by atoms with van der Waals surface area (Å²) >= 11 is 1.84. The molecule has 0 saturated carbocycles. The van der Waals surface area contributed by atoms with Crippen LogP contribution in [0.5, 0.6) is 0 Å². The minimum absolute atomic E-state index is 0.585. The first-order valence-corrected chi connectivity index (χ1v) is 6.34. The van der Waals surface area contributed by atoms with E-state index >= 15 is 0 Å². The fourth-order valence-electron chi connectivity index (χ4n) is 1.75. The molecule has 0 aromatic carbocycles. The second kappa shape index (κ2) is 5.03. The smallest absolute Gasteiger partial charge is 0.156 e. The highest BCUT2D eigenvalue weighted by atomic mass is 32.2. The van der Waals surface area contributed by atoms with Gasteiger partial charge in [0.25, 0.3) is 0 Å². The Morgan fingerprint density at radius 3 is 3.21 bits per heavy atom. The molecule has 80 valence electrons. The van der Waals surface area contributed by atoms with E-state index in [4.69, 9.17) is 4.74 Å². The first-order chi connectivity index (χ1) is 6.84. The SMILES string of the molecule is CC1CSC(=NCC2CCCOC2)N1. The van der Waals surface area contributed by atoms with Gasteiger partial charge in [-0.05, 0) is 19.8 Å². The van der Waals surface area contributed by atoms with Crippen molar-refractivity contribution in [2.24, 2.45) is 10.9 Å². The van der Waals surface area contributed by atoms with Gasteiger partial charge >= 0.3 is 0 Å². The van der Waals surface area contributed by atoms with Crippen molar-refractivity contribution in [1.29, 1.82) is 0 Å². The van der Waals surface area contributed by atoms with E-state index in [9.17, 15) is 0 Å². The lowest BCUT2D eigenvalue weighted by atomic mass is 10.0. The van der Waals surface area contributed by atoms with Crippen LogP contribution in [-0.2, 0) is 4.74 Å². The third-order valence-corrected chi connectivity index (χ3v) is 3.77. The summed E-state index contributed by atoms with van der Waals surface area (Å²) in [5, 5.41) is 4.49. The van der Waals surface area contributed by atoms with Crippen molar-refractivity contribution < 1.29 is 4.74 Å². The van der Waals surface area contributed by atoms with Gasteiger partial charge in [-0.1, -0.05) is 11.8 Å². The molecule has 1 N–H and O–H groups in total. The van der Waals surface area contributed by atoms with Crippen LogP contribution in [0, 0.1) is 5.92 Å². The second-order valence-electron chi connectivity index (χ2n) is 4.09. The van der Waals surface area contributed by atoms with Crippen molar-refractivity contribution >= 4 is 16.9 Å². The van der Waals surface area contributed by atoms with E-state index in [-0.39, 0.29) is 0 Å². The summed E-state index contributed by atoms with van der Waals surface area (Å²) in [5.41, 5.74) is 0. The van der Waals surface area contributed by atoms with E-state index in [2.05, 4.69) is 17.2 Å². The van der Waals surface area contributed by atoms with Crippen molar-refractivity contribution in [1.82, 2.24) is 5.32 Å². The number of hydrogen-bond donors (Lipinski definition) is 1. The summed E-state index contributed by atoms with van der Waals surface area (Å²) in [5.74, 6) is 1.80. The Hall–Kier alpha value is -0.220. The minimum Gasteiger partial charge on any atom is -0.381 e. The van der Waals surface area contributed by atoms with Crippen LogP contribution in [0.4, 0.5) is 0 Å². The maximum atomic E-state index is 5.42. The van der Waals surface area contributed by atoms with E-state index < -0.39 is 0 Å². The van der Waals surface area contributed by atoms with Gasteiger partial charge in [0.2, 0.25) is 0 Å². The van der Waals surface area contributed by atoms with Gasteiger partial charge in [-0.15, -0.1) is 0 Å². The number of nitrogens with zero attached hydrogens (tertiary/aromatic N) is 1. The van der Waals surface area contributed by atoms with Crippen LogP contribution in [0.1, 0.15) is 19.8 Å². The molecule has 2 fully saturated rings. The summed E-state index contributed by atoms with van der Waals surface area (Å²) in [6, 6.07) is 0.585. The molecule has 0 bridgehead atoms. The maximum absolute atomic E-state index is 5.42. The Bertz CT molecular complexity index is 214. The Labute approximate surface area is 89.7 Å². The molecule has 0 radical (unpaired) electrons. The van der Waals surface area contributed by atoms with Crippen LogP contribution in [0.15, 0.2) is 4.99 Å². The van der Waals surface area contributed by atoms with Gasteiger partial charge < -0.3 is 10.1 Å². The number of rotatable bonds is 2. The van der Waals surface area contributed by atoms with Crippen LogP contribution >= 0.6 is 11.8 Å². The quantitative estimate of drug-likeness (QED) is 0.756. The summed E-state index contributed by atoms with van der Waals surface area (Å²) in [7, 11) is 0. The molecule has 2 atom stereocenters. The first kappa shape index (κ1) is 10.3. The minimum atomic E-state index is 0.585. The predicted molar refractivity (Wildman–Crippen MR) is 60.9 cm³/mol. The van der Waals surface area contributed by atoms with E-state index in [1.807, 2.05) is 11.8 Å². The molecule has 0 aliphatic carbocycles. The number of nitrogens with one attached hydrogen (secondary N) is 1. The maximum Gasteiger partial charge on any atom is 0.156 e. The second-order valence-corrected chi connectivity index (χ2v) is 5.09. The molecule has 2 heterocycles. The lowest BCUT2D eigenvalue weighted by molar-refractivity contribution is 0.0582. The number of ether oxygens (including phenoxy) is 1. The van der Waals surface area contributed by atoms with Crippen molar-refractivity contribution in [3.05, 3.63) is 0 Å². The normalized spacial score (nSPS) is 35.9. The molecule has 0 spiro atoms. The topological polar surface area (TPSA) is 33.6 Å². The fourth-order valence-corrected chi connectivity index (χ4v) is 2.69. The molecular weight excluding hydrogens is 196 g/mol. The van der Waals surface area contributed by atoms with Crippen molar-refractivity contribution in [3.63, 3.8) is 0 Å². The lowest BCUT2D eigenvalue weighted by Gasteiger charge is -2.20. The monoisotopic (exact) mass is 214 g/mol. The van der Waals surface area contributed by atoms with Gasteiger partial charge in [0.05, 0.1) is 6.61 Å². The molecule has 2 aliphatic heterocycles. The first-order valence-electron chi connectivity index (χ1n) is 5.36. The molecule has 2 unspecified atom stereocenters. The zero-order valence-corrected chi connectivity index (χ0v) is 9.48. The zero-order chi connectivity index (χ0) is 9.80. The number of thioether (sulfide) groups is 1. The van der Waals surface area contributed by atoms with E-state index in [1.54, 1.807) is 0 Å². The van der Waals surface area contributed by atoms with Gasteiger partial charge in [0.15, 0.2) is 5.17 Å². The molecule has 14 heavy (non-hydrogen) atoms. The fraction of sp³-hybridized carbons (Fsp3) is 0.900. The van der Waals surface area contributed by atoms with Crippen molar-refractivity contribution in [2.75, 3.05) is 25.5 Å². The summed E-state index contributed by atoms with van der Waals surface area (Å²) in [4.78, 5) is 4.59. The van der Waals surface area contributed by atoms with Gasteiger partial charge in [-0.2, -0.15) is 0 Å². The lowest BCUT2D eigenvalue weighted by Crippen LogP contribution is -2.25. The number of amidine groups is 1. The average molecular weight is 214 g/mol. The highest BCUT2D eigenvalue weighted by molar-refractivity contribution is 8.14. The Balaban J connectivity index is 1.74. The van der Waals surface area contributed by atoms with Crippen LogP contribution in [0.2, 0.25) is 0 Å². The zero-order valence-electron chi connectivity index (χ0n) is 8.66. The van der Waals surface area contributed by atoms with Gasteiger partial charge in [0.1, 0.15) is 0 Å². The predicted octanol–water partition coefficient (Wildman–Crippen LogP) is 1.49. The molecule has 4 heteroatoms. The summed E-state index contributed by atoms with van der Waals surface area (Å²) in [6.07, 6.45) is 2.48. The average Bonchev–Trinajstić information content (AvgIpc) is 2.63. The molecule has 0 amide bonds. The van der Waals surface area contributed by atoms with Gasteiger partial charge in [-0.3, -0.25) is 4.99 Å². The van der Waals surface area contributed by atoms with Gasteiger partial charge in [0, 0.05) is 30.9 Å². The molecule has 2 rings (SSSR count). The van der Waals surface area contributed by atoms with Gasteiger partial charge in [-0.25, -0.2) is 0 Å². The van der Waals surface area contributed by atoms with Crippen molar-refractivity contribution in [3.8, 4) is 0 Å². The van der Waals surface area contributed by atoms with Crippen LogP contribution in [0.3, 0.4) is 0 Å². The third kappa shape index (κ3) is 2.89. The Morgan fingerprint density at radius 2 is 2.57 bits per heavy atom. The molecule has 2 aliphatic rings. The summed E-state index contributed by atoms with van der Waals surface area (Å²) < 4.78 is 5.42. The molecule has 2 saturated heterocycles. The van der Waals surface area contributed by atoms with E-state index in [1.165, 1.54) is 12.8 Å². The number of hydrogen-bond acceptors (Lipinski definition) is 3. The standard InChI is InChI=1S/C10H18N2OS/c1-8-7-14-10(12-8)11-5-9-3-2-4-13-6-9/h8-9H,2-7H2,1H3,(H,11,12). The Kier molecular flexibility index (Phi) is 3.70. The van der Waals surface area contributed by atoms with Crippen LogP contribution in [0.25, 0.3) is 0 Å². The van der Waals surface area contributed by atoms with E-state index in [0.717, 1.165) is 30.7 Å². The molecular formula is C10H18N2OS. The summed E-state index contributed by atoms with van der Waals surface area (Å²) in [6.45, 7) is 4.97. The molecule has 0 aromatic rings. The van der Waals surface area contributed by atoms with Crippen LogP contribution in [-0.4, -0.2) is 36.7 Å². The van der Waals surface area contributed by atoms with Crippen LogP contribution < -0.4 is 5.32 Å². The highest BCUT2D eigenvalue weighted by Gasteiger charge is 2.17. The van der Waals surface area contributed by atoms with E-state index in [0.29, 0.717) is 12.0 Å². The Morgan fingerprint density at radius 1 is 1.64 bits per heavy atom. The largest absolute Gasteiger partial charge is 0.381 e. The van der Waals surface area contributed by atoms with Crippen molar-refractivity contribution in [2.45, 2.75) is 25.8 Å².